The van der Waals surface area contributed by atoms with Gasteiger partial charge in [0, 0.05) is 17.5 Å². The Morgan fingerprint density at radius 2 is 2.25 bits per heavy atom. The number of halogens is 1. The maximum Gasteiger partial charge on any atom is 0.0931 e. The first-order valence-corrected chi connectivity index (χ1v) is 7.33. The van der Waals surface area contributed by atoms with E-state index in [1.807, 2.05) is 6.07 Å². The molecule has 1 atom stereocenters. The van der Waals surface area contributed by atoms with Crippen molar-refractivity contribution in [3.05, 3.63) is 21.3 Å². The van der Waals surface area contributed by atoms with Gasteiger partial charge in [0.25, 0.3) is 0 Å². The fourth-order valence-electron chi connectivity index (χ4n) is 2.25. The molecule has 1 N–H and O–H groups in total. The van der Waals surface area contributed by atoms with Gasteiger partial charge < -0.3 is 5.32 Å². The fourth-order valence-corrected chi connectivity index (χ4v) is 3.34. The molecule has 1 aromatic heterocycles. The van der Waals surface area contributed by atoms with Crippen LogP contribution in [0.4, 0.5) is 0 Å². The van der Waals surface area contributed by atoms with Crippen LogP contribution in [0.3, 0.4) is 0 Å². The SMILES string of the molecule is CCCC1(CNC(C)c2ccc(Cl)s2)CC1. The Labute approximate surface area is 107 Å². The van der Waals surface area contributed by atoms with E-state index in [4.69, 9.17) is 11.6 Å². The lowest BCUT2D eigenvalue weighted by Crippen LogP contribution is -2.26. The third-order valence-corrected chi connectivity index (χ3v) is 4.96. The van der Waals surface area contributed by atoms with Crippen LogP contribution in [-0.2, 0) is 0 Å². The summed E-state index contributed by atoms with van der Waals surface area (Å²) in [7, 11) is 0. The van der Waals surface area contributed by atoms with Crippen molar-refractivity contribution < 1.29 is 0 Å². The number of thiophene rings is 1. The van der Waals surface area contributed by atoms with Gasteiger partial charge in [0.05, 0.1) is 4.34 Å². The molecule has 1 saturated carbocycles. The highest BCUT2D eigenvalue weighted by atomic mass is 35.5. The van der Waals surface area contributed by atoms with Gasteiger partial charge in [-0.3, -0.25) is 0 Å². The normalized spacial score (nSPS) is 19.7. The second-order valence-electron chi connectivity index (χ2n) is 4.99. The second-order valence-corrected chi connectivity index (χ2v) is 6.74. The summed E-state index contributed by atoms with van der Waals surface area (Å²) in [5, 5.41) is 3.65. The lowest BCUT2D eigenvalue weighted by Gasteiger charge is -2.18. The van der Waals surface area contributed by atoms with E-state index in [1.165, 1.54) is 30.6 Å². The zero-order chi connectivity index (χ0) is 11.6. The van der Waals surface area contributed by atoms with Crippen LogP contribution in [-0.4, -0.2) is 6.54 Å². The highest BCUT2D eigenvalue weighted by Crippen LogP contribution is 2.49. The van der Waals surface area contributed by atoms with Gasteiger partial charge >= 0.3 is 0 Å². The molecule has 0 amide bonds. The summed E-state index contributed by atoms with van der Waals surface area (Å²) in [6, 6.07) is 4.55. The minimum atomic E-state index is 0.437. The average Bonchev–Trinajstić information content (AvgIpc) is 2.89. The molecule has 1 aromatic rings. The summed E-state index contributed by atoms with van der Waals surface area (Å²) in [4.78, 5) is 1.34. The molecule has 2 rings (SSSR count). The quantitative estimate of drug-likeness (QED) is 0.783. The lowest BCUT2D eigenvalue weighted by molar-refractivity contribution is 0.399. The molecule has 3 heteroatoms. The Balaban J connectivity index is 1.82. The topological polar surface area (TPSA) is 12.0 Å². The lowest BCUT2D eigenvalue weighted by atomic mass is 10.0. The summed E-state index contributed by atoms with van der Waals surface area (Å²) >= 11 is 7.63. The highest BCUT2D eigenvalue weighted by Gasteiger charge is 2.41. The highest BCUT2D eigenvalue weighted by molar-refractivity contribution is 7.16. The van der Waals surface area contributed by atoms with Gasteiger partial charge in [-0.1, -0.05) is 24.9 Å². The van der Waals surface area contributed by atoms with Gasteiger partial charge in [0.2, 0.25) is 0 Å². The van der Waals surface area contributed by atoms with Crippen LogP contribution in [0, 0.1) is 5.41 Å². The number of rotatable bonds is 6. The summed E-state index contributed by atoms with van der Waals surface area (Å²) in [5.41, 5.74) is 0.629. The Bertz CT molecular complexity index is 343. The minimum Gasteiger partial charge on any atom is -0.309 e. The van der Waals surface area contributed by atoms with Crippen molar-refractivity contribution in [3.8, 4) is 0 Å². The van der Waals surface area contributed by atoms with Crippen molar-refractivity contribution in [2.75, 3.05) is 6.54 Å². The first-order valence-electron chi connectivity index (χ1n) is 6.14. The molecule has 1 aliphatic rings. The molecular weight excluding hydrogens is 238 g/mol. The zero-order valence-electron chi connectivity index (χ0n) is 10.1. The number of hydrogen-bond acceptors (Lipinski definition) is 2. The first kappa shape index (κ1) is 12.4. The van der Waals surface area contributed by atoms with Gasteiger partial charge in [0.15, 0.2) is 0 Å². The summed E-state index contributed by atoms with van der Waals surface area (Å²) in [6.07, 6.45) is 5.50. The van der Waals surface area contributed by atoms with Crippen LogP contribution in [0.15, 0.2) is 12.1 Å². The van der Waals surface area contributed by atoms with Crippen LogP contribution in [0.2, 0.25) is 4.34 Å². The Morgan fingerprint density at radius 1 is 1.50 bits per heavy atom. The smallest absolute Gasteiger partial charge is 0.0931 e. The van der Waals surface area contributed by atoms with Crippen molar-refractivity contribution >= 4 is 22.9 Å². The fraction of sp³-hybridized carbons (Fsp3) is 0.692. The van der Waals surface area contributed by atoms with Gasteiger partial charge in [-0.25, -0.2) is 0 Å². The predicted octanol–water partition coefficient (Wildman–Crippen LogP) is 4.63. The van der Waals surface area contributed by atoms with Gasteiger partial charge in [-0.05, 0) is 43.7 Å². The Morgan fingerprint density at radius 3 is 2.75 bits per heavy atom. The van der Waals surface area contributed by atoms with E-state index >= 15 is 0 Å². The monoisotopic (exact) mass is 257 g/mol. The average molecular weight is 258 g/mol. The van der Waals surface area contributed by atoms with E-state index in [9.17, 15) is 0 Å². The van der Waals surface area contributed by atoms with Crippen molar-refractivity contribution in [2.45, 2.75) is 45.6 Å². The number of nitrogens with one attached hydrogen (secondary N) is 1. The molecule has 1 nitrogen and oxygen atoms in total. The van der Waals surface area contributed by atoms with Gasteiger partial charge in [-0.2, -0.15) is 0 Å². The third kappa shape index (κ3) is 2.99. The summed E-state index contributed by atoms with van der Waals surface area (Å²) in [5.74, 6) is 0. The van der Waals surface area contributed by atoms with E-state index in [1.54, 1.807) is 11.3 Å². The molecule has 1 heterocycles. The van der Waals surface area contributed by atoms with Crippen molar-refractivity contribution in [2.24, 2.45) is 5.41 Å². The minimum absolute atomic E-state index is 0.437. The Hall–Kier alpha value is -0.0500. The van der Waals surface area contributed by atoms with E-state index in [0.717, 1.165) is 10.9 Å². The molecule has 90 valence electrons. The zero-order valence-corrected chi connectivity index (χ0v) is 11.6. The van der Waals surface area contributed by atoms with E-state index < -0.39 is 0 Å². The maximum atomic E-state index is 5.95. The van der Waals surface area contributed by atoms with Crippen molar-refractivity contribution in [3.63, 3.8) is 0 Å². The first-order chi connectivity index (χ1) is 7.65. The molecule has 0 saturated heterocycles. The van der Waals surface area contributed by atoms with Gasteiger partial charge in [-0.15, -0.1) is 11.3 Å². The molecular formula is C13H20ClNS. The third-order valence-electron chi connectivity index (χ3n) is 3.54. The predicted molar refractivity (Wildman–Crippen MR) is 72.3 cm³/mol. The van der Waals surface area contributed by atoms with Crippen LogP contribution in [0.25, 0.3) is 0 Å². The van der Waals surface area contributed by atoms with E-state index in [0.29, 0.717) is 11.5 Å². The second kappa shape index (κ2) is 5.07. The number of hydrogen-bond donors (Lipinski definition) is 1. The molecule has 1 unspecified atom stereocenters. The molecule has 1 fully saturated rings. The summed E-state index contributed by atoms with van der Waals surface area (Å²) in [6.45, 7) is 5.67. The van der Waals surface area contributed by atoms with Crippen LogP contribution in [0.5, 0.6) is 0 Å². The molecule has 0 spiro atoms. The molecule has 1 aliphatic carbocycles. The molecule has 0 aromatic carbocycles. The van der Waals surface area contributed by atoms with Crippen molar-refractivity contribution in [1.29, 1.82) is 0 Å². The van der Waals surface area contributed by atoms with E-state index in [-0.39, 0.29) is 0 Å². The molecule has 16 heavy (non-hydrogen) atoms. The van der Waals surface area contributed by atoms with Crippen LogP contribution in [0.1, 0.15) is 50.4 Å². The van der Waals surface area contributed by atoms with Crippen molar-refractivity contribution in [1.82, 2.24) is 5.32 Å². The largest absolute Gasteiger partial charge is 0.309 e. The molecule has 0 bridgehead atoms. The molecule has 0 radical (unpaired) electrons. The maximum absolute atomic E-state index is 5.95. The standard InChI is InChI=1S/C13H20ClNS/c1-3-6-13(7-8-13)9-15-10(2)11-4-5-12(14)16-11/h4-5,10,15H,3,6-9H2,1-2H3. The van der Waals surface area contributed by atoms with Crippen LogP contribution >= 0.6 is 22.9 Å². The van der Waals surface area contributed by atoms with Gasteiger partial charge in [0.1, 0.15) is 0 Å². The summed E-state index contributed by atoms with van der Waals surface area (Å²) < 4.78 is 0.887. The Kier molecular flexibility index (Phi) is 3.93. The van der Waals surface area contributed by atoms with E-state index in [2.05, 4.69) is 25.2 Å². The molecule has 0 aliphatic heterocycles. The van der Waals surface area contributed by atoms with Crippen LogP contribution < -0.4 is 5.32 Å².